The molecule has 4 heteroatoms. The van der Waals surface area contributed by atoms with Crippen LogP contribution in [0.4, 0.5) is 0 Å². The van der Waals surface area contributed by atoms with Gasteiger partial charge in [0, 0.05) is 26.0 Å². The lowest BCUT2D eigenvalue weighted by Gasteiger charge is -2.39. The molecule has 2 rings (SSSR count). The molecule has 0 saturated heterocycles. The van der Waals surface area contributed by atoms with Crippen molar-refractivity contribution < 1.29 is 4.79 Å². The van der Waals surface area contributed by atoms with E-state index in [1.165, 1.54) is 6.42 Å². The van der Waals surface area contributed by atoms with Crippen molar-refractivity contribution in [3.8, 4) is 0 Å². The Bertz CT molecular complexity index is 440. The maximum absolute atomic E-state index is 12.9. The van der Waals surface area contributed by atoms with Gasteiger partial charge in [-0.1, -0.05) is 19.3 Å². The van der Waals surface area contributed by atoms with Gasteiger partial charge >= 0.3 is 0 Å². The van der Waals surface area contributed by atoms with E-state index in [0.717, 1.165) is 31.2 Å². The quantitative estimate of drug-likeness (QED) is 0.918. The summed E-state index contributed by atoms with van der Waals surface area (Å²) in [4.78, 5) is 18.8. The summed E-state index contributed by atoms with van der Waals surface area (Å²) in [7, 11) is 1.89. The molecule has 1 heterocycles. The summed E-state index contributed by atoms with van der Waals surface area (Å²) >= 11 is 0. The van der Waals surface area contributed by atoms with Crippen molar-refractivity contribution in [2.45, 2.75) is 45.1 Å². The van der Waals surface area contributed by atoms with Crippen molar-refractivity contribution >= 4 is 5.91 Å². The monoisotopic (exact) mass is 275 g/mol. The van der Waals surface area contributed by atoms with E-state index in [-0.39, 0.29) is 17.4 Å². The maximum atomic E-state index is 12.9. The molecule has 1 aliphatic carbocycles. The summed E-state index contributed by atoms with van der Waals surface area (Å²) in [5.74, 6) is 0.198. The first-order valence-electron chi connectivity index (χ1n) is 7.48. The molecular formula is C16H25N3O. The van der Waals surface area contributed by atoms with Gasteiger partial charge in [0.05, 0.1) is 11.5 Å². The van der Waals surface area contributed by atoms with Gasteiger partial charge in [0.2, 0.25) is 5.91 Å². The van der Waals surface area contributed by atoms with Crippen LogP contribution >= 0.6 is 0 Å². The highest BCUT2D eigenvalue weighted by Crippen LogP contribution is 2.38. The maximum Gasteiger partial charge on any atom is 0.230 e. The van der Waals surface area contributed by atoms with E-state index in [0.29, 0.717) is 6.54 Å². The summed E-state index contributed by atoms with van der Waals surface area (Å²) in [5, 5.41) is 0. The van der Waals surface area contributed by atoms with Crippen LogP contribution in [0.1, 0.15) is 50.6 Å². The molecule has 1 aromatic heterocycles. The number of amides is 1. The molecule has 110 valence electrons. The average Bonchev–Trinajstić information content (AvgIpc) is 2.54. The number of carbonyl (C=O) groups is 1. The number of hydrogen-bond acceptors (Lipinski definition) is 3. The lowest BCUT2D eigenvalue weighted by atomic mass is 9.73. The van der Waals surface area contributed by atoms with Crippen LogP contribution in [0.3, 0.4) is 0 Å². The van der Waals surface area contributed by atoms with Gasteiger partial charge < -0.3 is 10.6 Å². The van der Waals surface area contributed by atoms with Crippen LogP contribution in [0.25, 0.3) is 0 Å². The fourth-order valence-corrected chi connectivity index (χ4v) is 3.15. The first-order chi connectivity index (χ1) is 9.60. The minimum atomic E-state index is -0.339. The number of hydrogen-bond donors (Lipinski definition) is 1. The van der Waals surface area contributed by atoms with Crippen molar-refractivity contribution in [2.24, 2.45) is 11.1 Å². The zero-order chi connectivity index (χ0) is 14.6. The average molecular weight is 275 g/mol. The predicted molar refractivity (Wildman–Crippen MR) is 80.0 cm³/mol. The van der Waals surface area contributed by atoms with Gasteiger partial charge in [-0.25, -0.2) is 0 Å². The highest BCUT2D eigenvalue weighted by molar-refractivity contribution is 5.83. The normalized spacial score (nSPS) is 19.4. The van der Waals surface area contributed by atoms with Gasteiger partial charge in [-0.2, -0.15) is 0 Å². The first kappa shape index (κ1) is 15.0. The minimum absolute atomic E-state index is 0.0517. The summed E-state index contributed by atoms with van der Waals surface area (Å²) in [5.41, 5.74) is 6.73. The molecule has 1 aliphatic rings. The van der Waals surface area contributed by atoms with Crippen LogP contribution in [-0.4, -0.2) is 29.4 Å². The van der Waals surface area contributed by atoms with Crippen molar-refractivity contribution in [1.29, 1.82) is 0 Å². The molecule has 0 spiro atoms. The second kappa shape index (κ2) is 6.35. The van der Waals surface area contributed by atoms with Crippen LogP contribution in [-0.2, 0) is 4.79 Å². The summed E-state index contributed by atoms with van der Waals surface area (Å²) in [6.07, 6.45) is 8.83. The summed E-state index contributed by atoms with van der Waals surface area (Å²) in [6.45, 7) is 2.51. The van der Waals surface area contributed by atoms with Gasteiger partial charge in [0.15, 0.2) is 0 Å². The van der Waals surface area contributed by atoms with E-state index in [1.54, 1.807) is 12.4 Å². The van der Waals surface area contributed by atoms with E-state index < -0.39 is 0 Å². The lowest BCUT2D eigenvalue weighted by molar-refractivity contribution is -0.144. The smallest absolute Gasteiger partial charge is 0.230 e. The molecule has 2 N–H and O–H groups in total. The summed E-state index contributed by atoms with van der Waals surface area (Å²) < 4.78 is 0. The number of nitrogens with zero attached hydrogens (tertiary/aromatic N) is 2. The summed E-state index contributed by atoms with van der Waals surface area (Å²) in [6, 6.07) is 3.98. The number of carbonyl (C=O) groups excluding carboxylic acids is 1. The van der Waals surface area contributed by atoms with E-state index in [4.69, 9.17) is 5.73 Å². The van der Waals surface area contributed by atoms with E-state index >= 15 is 0 Å². The molecule has 1 atom stereocenters. The molecule has 0 bridgehead atoms. The van der Waals surface area contributed by atoms with Gasteiger partial charge in [-0.05, 0) is 37.5 Å². The van der Waals surface area contributed by atoms with Crippen molar-refractivity contribution in [2.75, 3.05) is 13.6 Å². The highest BCUT2D eigenvalue weighted by atomic mass is 16.2. The van der Waals surface area contributed by atoms with Gasteiger partial charge in [-0.3, -0.25) is 9.78 Å². The Labute approximate surface area is 121 Å². The third-order valence-corrected chi connectivity index (χ3v) is 4.74. The van der Waals surface area contributed by atoms with E-state index in [1.807, 2.05) is 24.1 Å². The molecular weight excluding hydrogens is 250 g/mol. The number of pyridine rings is 1. The number of rotatable bonds is 4. The molecule has 4 nitrogen and oxygen atoms in total. The van der Waals surface area contributed by atoms with Crippen molar-refractivity contribution in [3.05, 3.63) is 30.1 Å². The standard InChI is InChI=1S/C16H25N3O/c1-13(14-6-10-18-11-7-14)19(2)15(20)16(12-17)8-4-3-5-9-16/h6-7,10-11,13H,3-5,8-9,12,17H2,1-2H3. The molecule has 0 aliphatic heterocycles. The van der Waals surface area contributed by atoms with Crippen molar-refractivity contribution in [1.82, 2.24) is 9.88 Å². The van der Waals surface area contributed by atoms with Crippen molar-refractivity contribution in [3.63, 3.8) is 0 Å². The molecule has 1 amide bonds. The fourth-order valence-electron chi connectivity index (χ4n) is 3.15. The largest absolute Gasteiger partial charge is 0.338 e. The van der Waals surface area contributed by atoms with Crippen LogP contribution < -0.4 is 5.73 Å². The van der Waals surface area contributed by atoms with E-state index in [9.17, 15) is 4.79 Å². The fraction of sp³-hybridized carbons (Fsp3) is 0.625. The zero-order valence-corrected chi connectivity index (χ0v) is 12.5. The van der Waals surface area contributed by atoms with Gasteiger partial charge in [-0.15, -0.1) is 0 Å². The second-order valence-corrected chi connectivity index (χ2v) is 5.92. The molecule has 20 heavy (non-hydrogen) atoms. The first-order valence-corrected chi connectivity index (χ1v) is 7.48. The molecule has 0 radical (unpaired) electrons. The number of nitrogens with two attached hydrogens (primary N) is 1. The topological polar surface area (TPSA) is 59.2 Å². The third kappa shape index (κ3) is 2.85. The van der Waals surface area contributed by atoms with Crippen LogP contribution in [0.5, 0.6) is 0 Å². The van der Waals surface area contributed by atoms with Crippen LogP contribution in [0.15, 0.2) is 24.5 Å². The second-order valence-electron chi connectivity index (χ2n) is 5.92. The lowest BCUT2D eigenvalue weighted by Crippen LogP contribution is -2.48. The van der Waals surface area contributed by atoms with Crippen LogP contribution in [0.2, 0.25) is 0 Å². The Morgan fingerprint density at radius 1 is 1.35 bits per heavy atom. The third-order valence-electron chi connectivity index (χ3n) is 4.74. The molecule has 1 aromatic rings. The zero-order valence-electron chi connectivity index (χ0n) is 12.5. The van der Waals surface area contributed by atoms with E-state index in [2.05, 4.69) is 11.9 Å². The van der Waals surface area contributed by atoms with Gasteiger partial charge in [0.25, 0.3) is 0 Å². The molecule has 1 unspecified atom stereocenters. The van der Waals surface area contributed by atoms with Gasteiger partial charge in [0.1, 0.15) is 0 Å². The Kier molecular flexibility index (Phi) is 4.76. The minimum Gasteiger partial charge on any atom is -0.338 e. The Hall–Kier alpha value is -1.42. The molecule has 1 saturated carbocycles. The van der Waals surface area contributed by atoms with Crippen LogP contribution in [0, 0.1) is 5.41 Å². The number of aromatic nitrogens is 1. The highest BCUT2D eigenvalue weighted by Gasteiger charge is 2.40. The Balaban J connectivity index is 2.15. The SMILES string of the molecule is CC(c1ccncc1)N(C)C(=O)C1(CN)CCCCC1. The Morgan fingerprint density at radius 3 is 2.50 bits per heavy atom. The predicted octanol–water partition coefficient (Wildman–Crippen LogP) is 2.51. The molecule has 0 aromatic carbocycles. The Morgan fingerprint density at radius 2 is 1.95 bits per heavy atom. The molecule has 1 fully saturated rings.